The van der Waals surface area contributed by atoms with E-state index in [4.69, 9.17) is 4.74 Å². The highest BCUT2D eigenvalue weighted by atomic mass is 16.5. The third-order valence-electron chi connectivity index (χ3n) is 3.40. The fourth-order valence-corrected chi connectivity index (χ4v) is 2.27. The quantitative estimate of drug-likeness (QED) is 0.607. The van der Waals surface area contributed by atoms with Crippen molar-refractivity contribution in [2.75, 3.05) is 6.61 Å². The van der Waals surface area contributed by atoms with Crippen LogP contribution < -0.4 is 5.32 Å². The number of aryl methyl sites for hydroxylation is 1. The van der Waals surface area contributed by atoms with Gasteiger partial charge in [0.25, 0.3) is 5.91 Å². The Bertz CT molecular complexity index is 624. The number of amides is 1. The predicted octanol–water partition coefficient (Wildman–Crippen LogP) is 2.88. The van der Waals surface area contributed by atoms with Gasteiger partial charge in [-0.15, -0.1) is 0 Å². The molecule has 6 nitrogen and oxygen atoms in total. The molecule has 140 valence electrons. The summed E-state index contributed by atoms with van der Waals surface area (Å²) >= 11 is 0. The van der Waals surface area contributed by atoms with Crippen molar-refractivity contribution in [2.24, 2.45) is 18.4 Å². The Kier molecular flexibility index (Phi) is 7.39. The van der Waals surface area contributed by atoms with Gasteiger partial charge >= 0.3 is 5.97 Å². The number of ether oxygens (including phenoxy) is 1. The number of hydrogen-bond donors (Lipinski definition) is 1. The lowest BCUT2D eigenvalue weighted by Crippen LogP contribution is -2.41. The molecule has 25 heavy (non-hydrogen) atoms. The van der Waals surface area contributed by atoms with Crippen molar-refractivity contribution < 1.29 is 14.3 Å². The number of carbonyl (C=O) groups is 2. The van der Waals surface area contributed by atoms with E-state index < -0.39 is 12.0 Å². The lowest BCUT2D eigenvalue weighted by molar-refractivity contribution is -0.144. The van der Waals surface area contributed by atoms with Crippen molar-refractivity contribution >= 4 is 11.9 Å². The molecule has 0 saturated carbocycles. The highest BCUT2D eigenvalue weighted by molar-refractivity contribution is 5.96. The molecule has 0 radical (unpaired) electrons. The SMILES string of the molecule is CCOC(=O)C(/C=C/C(C)(C)C)NC(=O)c1cc(CC(C)C)nn1C. The van der Waals surface area contributed by atoms with Gasteiger partial charge in [0.15, 0.2) is 0 Å². The summed E-state index contributed by atoms with van der Waals surface area (Å²) in [5, 5.41) is 7.10. The van der Waals surface area contributed by atoms with Gasteiger partial charge in [-0.2, -0.15) is 5.10 Å². The molecular formula is C19H31N3O3. The van der Waals surface area contributed by atoms with Crippen LogP contribution in [0.3, 0.4) is 0 Å². The normalized spacial score (nSPS) is 13.3. The third kappa shape index (κ3) is 7.11. The Morgan fingerprint density at radius 2 is 2.00 bits per heavy atom. The van der Waals surface area contributed by atoms with Crippen molar-refractivity contribution in [3.8, 4) is 0 Å². The van der Waals surface area contributed by atoms with Crippen LogP contribution in [0.15, 0.2) is 18.2 Å². The molecule has 1 unspecified atom stereocenters. The molecule has 1 aromatic heterocycles. The van der Waals surface area contributed by atoms with Gasteiger partial charge < -0.3 is 10.1 Å². The van der Waals surface area contributed by atoms with Crippen molar-refractivity contribution in [3.63, 3.8) is 0 Å². The van der Waals surface area contributed by atoms with E-state index in [0.717, 1.165) is 12.1 Å². The second-order valence-corrected chi connectivity index (χ2v) is 7.67. The first kappa shape index (κ1) is 20.9. The number of esters is 1. The molecule has 0 aromatic carbocycles. The van der Waals surface area contributed by atoms with Gasteiger partial charge in [0.05, 0.1) is 12.3 Å². The highest BCUT2D eigenvalue weighted by Gasteiger charge is 2.23. The van der Waals surface area contributed by atoms with E-state index in [0.29, 0.717) is 11.6 Å². The largest absolute Gasteiger partial charge is 0.464 e. The maximum Gasteiger partial charge on any atom is 0.332 e. The first-order valence-electron chi connectivity index (χ1n) is 8.73. The smallest absolute Gasteiger partial charge is 0.332 e. The van der Waals surface area contributed by atoms with Crippen LogP contribution in [0.2, 0.25) is 0 Å². The minimum absolute atomic E-state index is 0.105. The zero-order valence-electron chi connectivity index (χ0n) is 16.4. The molecule has 1 aromatic rings. The zero-order valence-corrected chi connectivity index (χ0v) is 16.4. The first-order valence-corrected chi connectivity index (χ1v) is 8.73. The van der Waals surface area contributed by atoms with Crippen LogP contribution in [0.1, 0.15) is 57.7 Å². The molecule has 1 N–H and O–H groups in total. The van der Waals surface area contributed by atoms with Gasteiger partial charge in [0.2, 0.25) is 0 Å². The van der Waals surface area contributed by atoms with Gasteiger partial charge in [0, 0.05) is 7.05 Å². The molecule has 1 heterocycles. The number of hydrogen-bond acceptors (Lipinski definition) is 4. The number of carbonyl (C=O) groups excluding carboxylic acids is 2. The second-order valence-electron chi connectivity index (χ2n) is 7.67. The van der Waals surface area contributed by atoms with Gasteiger partial charge in [-0.05, 0) is 30.7 Å². The summed E-state index contributed by atoms with van der Waals surface area (Å²) in [7, 11) is 1.73. The van der Waals surface area contributed by atoms with Crippen LogP contribution in [0, 0.1) is 11.3 Å². The number of aromatic nitrogens is 2. The zero-order chi connectivity index (χ0) is 19.2. The second kappa shape index (κ2) is 8.83. The average molecular weight is 349 g/mol. The summed E-state index contributed by atoms with van der Waals surface area (Å²) in [4.78, 5) is 24.7. The summed E-state index contributed by atoms with van der Waals surface area (Å²) in [6.07, 6.45) is 4.37. The Labute approximate surface area is 150 Å². The van der Waals surface area contributed by atoms with E-state index in [1.165, 1.54) is 0 Å². The predicted molar refractivity (Wildman–Crippen MR) is 98.2 cm³/mol. The summed E-state index contributed by atoms with van der Waals surface area (Å²) in [5.41, 5.74) is 1.18. The summed E-state index contributed by atoms with van der Waals surface area (Å²) in [5.74, 6) is -0.365. The summed E-state index contributed by atoms with van der Waals surface area (Å²) < 4.78 is 6.61. The lowest BCUT2D eigenvalue weighted by atomic mass is 9.95. The minimum atomic E-state index is -0.824. The van der Waals surface area contributed by atoms with Crippen molar-refractivity contribution in [1.82, 2.24) is 15.1 Å². The van der Waals surface area contributed by atoms with Crippen LogP contribution in [0.5, 0.6) is 0 Å². The molecular weight excluding hydrogens is 318 g/mol. The summed E-state index contributed by atoms with van der Waals surface area (Å²) in [6.45, 7) is 12.3. The Balaban J connectivity index is 2.96. The molecule has 0 spiro atoms. The molecule has 0 aliphatic heterocycles. The van der Waals surface area contributed by atoms with Crippen molar-refractivity contribution in [3.05, 3.63) is 29.6 Å². The number of nitrogens with one attached hydrogen (secondary N) is 1. The fourth-order valence-electron chi connectivity index (χ4n) is 2.27. The average Bonchev–Trinajstić information content (AvgIpc) is 2.82. The number of nitrogens with zero attached hydrogens (tertiary/aromatic N) is 2. The van der Waals surface area contributed by atoms with E-state index in [9.17, 15) is 9.59 Å². The molecule has 0 bridgehead atoms. The molecule has 1 rings (SSSR count). The van der Waals surface area contributed by atoms with E-state index >= 15 is 0 Å². The number of allylic oxidation sites excluding steroid dienone is 1. The third-order valence-corrected chi connectivity index (χ3v) is 3.40. The maximum absolute atomic E-state index is 12.6. The summed E-state index contributed by atoms with van der Waals surface area (Å²) in [6, 6.07) is 0.945. The Hall–Kier alpha value is -2.11. The van der Waals surface area contributed by atoms with Crippen LogP contribution in [0.4, 0.5) is 0 Å². The molecule has 0 fully saturated rings. The molecule has 1 amide bonds. The van der Waals surface area contributed by atoms with Crippen LogP contribution in [0.25, 0.3) is 0 Å². The van der Waals surface area contributed by atoms with E-state index in [1.807, 2.05) is 26.8 Å². The van der Waals surface area contributed by atoms with E-state index in [2.05, 4.69) is 24.3 Å². The molecule has 6 heteroatoms. The minimum Gasteiger partial charge on any atom is -0.464 e. The lowest BCUT2D eigenvalue weighted by Gasteiger charge is -2.17. The van der Waals surface area contributed by atoms with Gasteiger partial charge in [0.1, 0.15) is 11.7 Å². The molecule has 1 atom stereocenters. The number of rotatable bonds is 7. The van der Waals surface area contributed by atoms with Crippen molar-refractivity contribution in [1.29, 1.82) is 0 Å². The Morgan fingerprint density at radius 1 is 1.36 bits per heavy atom. The van der Waals surface area contributed by atoms with Crippen LogP contribution in [-0.2, 0) is 23.0 Å². The maximum atomic E-state index is 12.6. The standard InChI is InChI=1S/C19H31N3O3/c1-8-25-18(24)15(9-10-19(4,5)6)20-17(23)16-12-14(11-13(2)3)21-22(16)7/h9-10,12-13,15H,8,11H2,1-7H3,(H,20,23)/b10-9+. The van der Waals surface area contributed by atoms with Gasteiger partial charge in [-0.1, -0.05) is 46.8 Å². The van der Waals surface area contributed by atoms with E-state index in [-0.39, 0.29) is 17.9 Å². The highest BCUT2D eigenvalue weighted by Crippen LogP contribution is 2.15. The topological polar surface area (TPSA) is 73.2 Å². The van der Waals surface area contributed by atoms with E-state index in [1.54, 1.807) is 30.8 Å². The van der Waals surface area contributed by atoms with Crippen LogP contribution >= 0.6 is 0 Å². The Morgan fingerprint density at radius 3 is 2.52 bits per heavy atom. The van der Waals surface area contributed by atoms with Gasteiger partial charge in [-0.25, -0.2) is 4.79 Å². The van der Waals surface area contributed by atoms with Crippen LogP contribution in [-0.4, -0.2) is 34.3 Å². The fraction of sp³-hybridized carbons (Fsp3) is 0.632. The molecule has 0 aliphatic carbocycles. The molecule has 0 aliphatic rings. The molecule has 0 saturated heterocycles. The van der Waals surface area contributed by atoms with Crippen molar-refractivity contribution in [2.45, 2.75) is 54.0 Å². The first-order chi connectivity index (χ1) is 11.5. The monoisotopic (exact) mass is 349 g/mol. The van der Waals surface area contributed by atoms with Gasteiger partial charge in [-0.3, -0.25) is 9.48 Å².